The Balaban J connectivity index is 1.59. The van der Waals surface area contributed by atoms with E-state index in [1.165, 1.54) is 0 Å². The lowest BCUT2D eigenvalue weighted by molar-refractivity contribution is -0.131. The molecular formula is C19H18N2O2. The summed E-state index contributed by atoms with van der Waals surface area (Å²) in [6.45, 7) is 0.794. The van der Waals surface area contributed by atoms with Gasteiger partial charge in [-0.05, 0) is 35.9 Å². The van der Waals surface area contributed by atoms with Crippen LogP contribution in [0.5, 0.6) is 0 Å². The van der Waals surface area contributed by atoms with E-state index in [1.807, 2.05) is 47.5 Å². The highest BCUT2D eigenvalue weighted by molar-refractivity contribution is 5.89. The summed E-state index contributed by atoms with van der Waals surface area (Å²) in [5.74, 6) is 1.02. The molecule has 1 saturated heterocycles. The maximum atomic E-state index is 12.8. The molecular weight excluding hydrogens is 288 g/mol. The summed E-state index contributed by atoms with van der Waals surface area (Å²) in [6, 6.07) is 12.0. The Labute approximate surface area is 134 Å². The lowest BCUT2D eigenvalue weighted by Gasteiger charge is -2.23. The molecule has 0 radical (unpaired) electrons. The second kappa shape index (κ2) is 5.88. The van der Waals surface area contributed by atoms with Gasteiger partial charge in [0, 0.05) is 24.3 Å². The number of likely N-dealkylation sites (tertiary alicyclic amines) is 1. The molecule has 1 amide bonds. The molecule has 4 rings (SSSR count). The van der Waals surface area contributed by atoms with Crippen molar-refractivity contribution in [1.29, 1.82) is 0 Å². The van der Waals surface area contributed by atoms with Crippen LogP contribution in [0.3, 0.4) is 0 Å². The van der Waals surface area contributed by atoms with E-state index in [4.69, 9.17) is 4.42 Å². The molecule has 0 spiro atoms. The zero-order valence-corrected chi connectivity index (χ0v) is 12.8. The largest absolute Gasteiger partial charge is 0.467 e. The van der Waals surface area contributed by atoms with E-state index < -0.39 is 0 Å². The Kier molecular flexibility index (Phi) is 3.58. The molecule has 0 bridgehead atoms. The number of pyridine rings is 1. The Morgan fingerprint density at radius 2 is 2.13 bits per heavy atom. The number of rotatable bonds is 3. The second-order valence-corrected chi connectivity index (χ2v) is 5.96. The van der Waals surface area contributed by atoms with Gasteiger partial charge in [0.25, 0.3) is 0 Å². The molecule has 1 atom stereocenters. The highest BCUT2D eigenvalue weighted by Crippen LogP contribution is 2.32. The van der Waals surface area contributed by atoms with Crippen molar-refractivity contribution < 1.29 is 9.21 Å². The van der Waals surface area contributed by atoms with Gasteiger partial charge in [-0.15, -0.1) is 0 Å². The van der Waals surface area contributed by atoms with Gasteiger partial charge in [-0.2, -0.15) is 0 Å². The molecule has 4 nitrogen and oxygen atoms in total. The number of hydrogen-bond donors (Lipinski definition) is 0. The van der Waals surface area contributed by atoms with Crippen LogP contribution in [0, 0.1) is 0 Å². The van der Waals surface area contributed by atoms with Gasteiger partial charge in [-0.1, -0.05) is 24.3 Å². The summed E-state index contributed by atoms with van der Waals surface area (Å²) in [5, 5.41) is 2.17. The number of nitrogens with zero attached hydrogens (tertiary/aromatic N) is 2. The minimum Gasteiger partial charge on any atom is -0.467 e. The van der Waals surface area contributed by atoms with E-state index in [1.54, 1.807) is 12.5 Å². The normalized spacial score (nSPS) is 17.7. The van der Waals surface area contributed by atoms with Gasteiger partial charge in [0.05, 0.1) is 18.7 Å². The first-order valence-corrected chi connectivity index (χ1v) is 7.97. The average Bonchev–Trinajstić information content (AvgIpc) is 3.26. The van der Waals surface area contributed by atoms with Crippen molar-refractivity contribution in [2.75, 3.05) is 6.54 Å². The molecule has 1 unspecified atom stereocenters. The molecule has 1 fully saturated rings. The number of fused-ring (bicyclic) bond motifs is 1. The van der Waals surface area contributed by atoms with Gasteiger partial charge >= 0.3 is 0 Å². The summed E-state index contributed by atoms with van der Waals surface area (Å²) in [4.78, 5) is 19.0. The van der Waals surface area contributed by atoms with Crippen LogP contribution in [-0.2, 0) is 11.2 Å². The number of carbonyl (C=O) groups is 1. The number of aromatic nitrogens is 1. The van der Waals surface area contributed by atoms with E-state index in [-0.39, 0.29) is 11.9 Å². The topological polar surface area (TPSA) is 46.3 Å². The number of furan rings is 1. The third kappa shape index (κ3) is 2.61. The maximum absolute atomic E-state index is 12.8. The Morgan fingerprint density at radius 1 is 1.22 bits per heavy atom. The molecule has 3 aromatic rings. The zero-order valence-electron chi connectivity index (χ0n) is 12.8. The molecule has 4 heteroatoms. The maximum Gasteiger partial charge on any atom is 0.227 e. The van der Waals surface area contributed by atoms with Crippen molar-refractivity contribution in [3.8, 4) is 0 Å². The van der Waals surface area contributed by atoms with E-state index in [9.17, 15) is 4.79 Å². The molecule has 116 valence electrons. The van der Waals surface area contributed by atoms with Gasteiger partial charge < -0.3 is 9.32 Å². The fourth-order valence-corrected chi connectivity index (χ4v) is 3.43. The van der Waals surface area contributed by atoms with Crippen molar-refractivity contribution in [2.24, 2.45) is 0 Å². The molecule has 0 aliphatic carbocycles. The van der Waals surface area contributed by atoms with Crippen LogP contribution < -0.4 is 0 Å². The van der Waals surface area contributed by atoms with Gasteiger partial charge in [-0.3, -0.25) is 9.78 Å². The first-order chi connectivity index (χ1) is 11.3. The quantitative estimate of drug-likeness (QED) is 0.740. The SMILES string of the molecule is O=C(Cc1cncc2ccccc12)N1CCCC1c1ccco1. The van der Waals surface area contributed by atoms with Gasteiger partial charge in [0.1, 0.15) is 5.76 Å². The van der Waals surface area contributed by atoms with Crippen LogP contribution in [0.1, 0.15) is 30.2 Å². The van der Waals surface area contributed by atoms with Crippen LogP contribution in [0.15, 0.2) is 59.5 Å². The van der Waals surface area contributed by atoms with Crippen LogP contribution in [0.2, 0.25) is 0 Å². The van der Waals surface area contributed by atoms with E-state index in [0.717, 1.165) is 41.5 Å². The van der Waals surface area contributed by atoms with Gasteiger partial charge in [0.2, 0.25) is 5.91 Å². The Bertz CT molecular complexity index is 821. The molecule has 1 aliphatic heterocycles. The third-order valence-electron chi connectivity index (χ3n) is 4.54. The smallest absolute Gasteiger partial charge is 0.227 e. The van der Waals surface area contributed by atoms with Crippen LogP contribution >= 0.6 is 0 Å². The molecule has 1 aliphatic rings. The van der Waals surface area contributed by atoms with Crippen molar-refractivity contribution >= 4 is 16.7 Å². The van der Waals surface area contributed by atoms with Gasteiger partial charge in [-0.25, -0.2) is 0 Å². The number of benzene rings is 1. The van der Waals surface area contributed by atoms with E-state index in [2.05, 4.69) is 4.98 Å². The Morgan fingerprint density at radius 3 is 3.00 bits per heavy atom. The number of amides is 1. The first kappa shape index (κ1) is 14.0. The standard InChI is InChI=1S/C19H18N2O2/c22-19(21-9-3-7-17(21)18-8-4-10-23-18)11-15-13-20-12-14-5-1-2-6-16(14)15/h1-2,4-6,8,10,12-13,17H,3,7,9,11H2. The highest BCUT2D eigenvalue weighted by Gasteiger charge is 2.31. The molecule has 1 aromatic carbocycles. The predicted molar refractivity (Wildman–Crippen MR) is 87.8 cm³/mol. The summed E-state index contributed by atoms with van der Waals surface area (Å²) >= 11 is 0. The third-order valence-corrected chi connectivity index (χ3v) is 4.54. The summed E-state index contributed by atoms with van der Waals surface area (Å²) in [5.41, 5.74) is 0.984. The van der Waals surface area contributed by atoms with Crippen molar-refractivity contribution in [2.45, 2.75) is 25.3 Å². The average molecular weight is 306 g/mol. The zero-order chi connectivity index (χ0) is 15.6. The van der Waals surface area contributed by atoms with Crippen molar-refractivity contribution in [3.63, 3.8) is 0 Å². The van der Waals surface area contributed by atoms with Gasteiger partial charge in [0.15, 0.2) is 0 Å². The predicted octanol–water partition coefficient (Wildman–Crippen LogP) is 3.73. The molecule has 23 heavy (non-hydrogen) atoms. The number of carbonyl (C=O) groups excluding carboxylic acids is 1. The second-order valence-electron chi connectivity index (χ2n) is 5.96. The fourth-order valence-electron chi connectivity index (χ4n) is 3.43. The molecule has 2 aromatic heterocycles. The molecule has 0 saturated carbocycles. The number of hydrogen-bond acceptors (Lipinski definition) is 3. The summed E-state index contributed by atoms with van der Waals surface area (Å²) < 4.78 is 5.51. The highest BCUT2D eigenvalue weighted by atomic mass is 16.3. The Hall–Kier alpha value is -2.62. The molecule has 0 N–H and O–H groups in total. The monoisotopic (exact) mass is 306 g/mol. The lowest BCUT2D eigenvalue weighted by atomic mass is 10.0. The van der Waals surface area contributed by atoms with Crippen LogP contribution in [-0.4, -0.2) is 22.3 Å². The summed E-state index contributed by atoms with van der Waals surface area (Å²) in [7, 11) is 0. The minimum atomic E-state index is 0.0698. The van der Waals surface area contributed by atoms with Crippen LogP contribution in [0.25, 0.3) is 10.8 Å². The van der Waals surface area contributed by atoms with E-state index in [0.29, 0.717) is 6.42 Å². The minimum absolute atomic E-state index is 0.0698. The fraction of sp³-hybridized carbons (Fsp3) is 0.263. The van der Waals surface area contributed by atoms with E-state index >= 15 is 0 Å². The molecule has 3 heterocycles. The van der Waals surface area contributed by atoms with Crippen LogP contribution in [0.4, 0.5) is 0 Å². The first-order valence-electron chi connectivity index (χ1n) is 7.97. The van der Waals surface area contributed by atoms with Crippen molar-refractivity contribution in [1.82, 2.24) is 9.88 Å². The van der Waals surface area contributed by atoms with Crippen molar-refractivity contribution in [3.05, 3.63) is 66.4 Å². The lowest BCUT2D eigenvalue weighted by Crippen LogP contribution is -2.31. The summed E-state index contributed by atoms with van der Waals surface area (Å²) in [6.07, 6.45) is 7.68.